The predicted molar refractivity (Wildman–Crippen MR) is 71.0 cm³/mol. The van der Waals surface area contributed by atoms with Gasteiger partial charge < -0.3 is 20.5 Å². The topological polar surface area (TPSA) is 87.7 Å². The minimum atomic E-state index is -0.933. The molecule has 0 aromatic rings. The first-order valence-corrected chi connectivity index (χ1v) is 6.81. The number of hydrogen-bond acceptors (Lipinski definition) is 3. The van der Waals surface area contributed by atoms with Crippen molar-refractivity contribution >= 4 is 12.0 Å². The minimum Gasteiger partial charge on any atom is -0.479 e. The smallest absolute Gasteiger partial charge is 0.332 e. The molecule has 2 amide bonds. The lowest BCUT2D eigenvalue weighted by Gasteiger charge is -2.18. The number of carbonyl (C=O) groups is 2. The van der Waals surface area contributed by atoms with E-state index in [1.807, 2.05) is 6.92 Å². The van der Waals surface area contributed by atoms with E-state index < -0.39 is 12.1 Å². The lowest BCUT2D eigenvalue weighted by Crippen LogP contribution is -2.44. The molecule has 3 atom stereocenters. The van der Waals surface area contributed by atoms with E-state index in [0.717, 1.165) is 6.42 Å². The van der Waals surface area contributed by atoms with Crippen LogP contribution in [0.4, 0.5) is 4.79 Å². The van der Waals surface area contributed by atoms with Crippen molar-refractivity contribution in [2.45, 2.75) is 58.3 Å². The summed E-state index contributed by atoms with van der Waals surface area (Å²) in [6.45, 7) is 6.53. The number of aliphatic carboxylic acids is 1. The molecule has 6 heteroatoms. The normalized spacial score (nSPS) is 24.2. The second-order valence-corrected chi connectivity index (χ2v) is 5.55. The molecule has 1 saturated heterocycles. The van der Waals surface area contributed by atoms with Crippen molar-refractivity contribution in [2.75, 3.05) is 6.54 Å². The molecule has 1 rings (SSSR count). The Morgan fingerprint density at radius 2 is 2.00 bits per heavy atom. The van der Waals surface area contributed by atoms with Gasteiger partial charge in [0.2, 0.25) is 0 Å². The van der Waals surface area contributed by atoms with Crippen LogP contribution in [0.15, 0.2) is 0 Å². The molecule has 1 heterocycles. The highest BCUT2D eigenvalue weighted by atomic mass is 16.5. The number of hydrogen-bond donors (Lipinski definition) is 3. The third-order valence-electron chi connectivity index (χ3n) is 3.08. The Kier molecular flexibility index (Phi) is 6.08. The van der Waals surface area contributed by atoms with Crippen molar-refractivity contribution in [1.29, 1.82) is 0 Å². The van der Waals surface area contributed by atoms with Crippen LogP contribution in [0.2, 0.25) is 0 Å². The van der Waals surface area contributed by atoms with E-state index in [0.29, 0.717) is 25.3 Å². The number of carboxylic acid groups (broad SMARTS) is 1. The number of ether oxygens (including phenoxy) is 1. The Labute approximate surface area is 113 Å². The Balaban J connectivity index is 2.19. The summed E-state index contributed by atoms with van der Waals surface area (Å²) >= 11 is 0. The van der Waals surface area contributed by atoms with Crippen LogP contribution in [0, 0.1) is 5.92 Å². The third-order valence-corrected chi connectivity index (χ3v) is 3.08. The second kappa shape index (κ2) is 7.33. The SMILES string of the molecule is CC(C)CC(C)NC(=O)NCC1CCC(C(=O)O)O1. The van der Waals surface area contributed by atoms with E-state index in [9.17, 15) is 9.59 Å². The van der Waals surface area contributed by atoms with Gasteiger partial charge in [0.05, 0.1) is 6.10 Å². The molecule has 0 aliphatic carbocycles. The van der Waals surface area contributed by atoms with Gasteiger partial charge in [-0.15, -0.1) is 0 Å². The molecule has 0 spiro atoms. The van der Waals surface area contributed by atoms with Gasteiger partial charge in [-0.2, -0.15) is 0 Å². The van der Waals surface area contributed by atoms with Crippen molar-refractivity contribution in [2.24, 2.45) is 5.92 Å². The van der Waals surface area contributed by atoms with Crippen LogP contribution < -0.4 is 10.6 Å². The summed E-state index contributed by atoms with van der Waals surface area (Å²) in [5.74, 6) is -0.401. The van der Waals surface area contributed by atoms with Gasteiger partial charge in [-0.25, -0.2) is 9.59 Å². The first-order valence-electron chi connectivity index (χ1n) is 6.81. The molecule has 110 valence electrons. The molecule has 19 heavy (non-hydrogen) atoms. The van der Waals surface area contributed by atoms with Gasteiger partial charge in [-0.1, -0.05) is 13.8 Å². The molecule has 0 aromatic heterocycles. The van der Waals surface area contributed by atoms with Crippen LogP contribution in [0.25, 0.3) is 0 Å². The number of urea groups is 1. The Morgan fingerprint density at radius 3 is 2.53 bits per heavy atom. The number of rotatable bonds is 6. The fourth-order valence-corrected chi connectivity index (χ4v) is 2.28. The Hall–Kier alpha value is -1.30. The average molecular weight is 272 g/mol. The summed E-state index contributed by atoms with van der Waals surface area (Å²) in [5.41, 5.74) is 0. The van der Waals surface area contributed by atoms with Crippen molar-refractivity contribution in [1.82, 2.24) is 10.6 Å². The summed E-state index contributed by atoms with van der Waals surface area (Å²) in [6, 6.07) is -0.105. The van der Waals surface area contributed by atoms with Crippen LogP contribution in [-0.2, 0) is 9.53 Å². The van der Waals surface area contributed by atoms with E-state index >= 15 is 0 Å². The standard InChI is InChI=1S/C13H24N2O4/c1-8(2)6-9(3)15-13(18)14-7-10-4-5-11(19-10)12(16)17/h8-11H,4-7H2,1-3H3,(H,16,17)(H2,14,15,18). The highest BCUT2D eigenvalue weighted by Crippen LogP contribution is 2.19. The van der Waals surface area contributed by atoms with Gasteiger partial charge in [0.25, 0.3) is 0 Å². The fourth-order valence-electron chi connectivity index (χ4n) is 2.28. The zero-order valence-electron chi connectivity index (χ0n) is 11.8. The highest BCUT2D eigenvalue weighted by molar-refractivity contribution is 5.74. The van der Waals surface area contributed by atoms with Crippen LogP contribution in [0.1, 0.15) is 40.0 Å². The minimum absolute atomic E-state index is 0.122. The molecule has 0 bridgehead atoms. The molecule has 0 radical (unpaired) electrons. The highest BCUT2D eigenvalue weighted by Gasteiger charge is 2.30. The number of carboxylic acids is 1. The number of nitrogens with one attached hydrogen (secondary N) is 2. The molecular formula is C13H24N2O4. The zero-order valence-corrected chi connectivity index (χ0v) is 11.8. The molecule has 1 aliphatic heterocycles. The van der Waals surface area contributed by atoms with Crippen LogP contribution >= 0.6 is 0 Å². The van der Waals surface area contributed by atoms with Crippen LogP contribution in [0.5, 0.6) is 0 Å². The van der Waals surface area contributed by atoms with Crippen LogP contribution in [0.3, 0.4) is 0 Å². The lowest BCUT2D eigenvalue weighted by atomic mass is 10.1. The Bertz CT molecular complexity index is 320. The molecule has 0 aromatic carbocycles. The largest absolute Gasteiger partial charge is 0.479 e. The monoisotopic (exact) mass is 272 g/mol. The van der Waals surface area contributed by atoms with E-state index in [1.165, 1.54) is 0 Å². The van der Waals surface area contributed by atoms with E-state index in [2.05, 4.69) is 24.5 Å². The molecule has 1 aliphatic rings. The molecular weight excluding hydrogens is 248 g/mol. The molecule has 3 N–H and O–H groups in total. The maximum absolute atomic E-state index is 11.6. The summed E-state index contributed by atoms with van der Waals surface area (Å²) in [5, 5.41) is 14.4. The van der Waals surface area contributed by atoms with E-state index in [-0.39, 0.29) is 18.2 Å². The second-order valence-electron chi connectivity index (χ2n) is 5.55. The lowest BCUT2D eigenvalue weighted by molar-refractivity contribution is -0.149. The van der Waals surface area contributed by atoms with Gasteiger partial charge in [-0.05, 0) is 32.1 Å². The maximum Gasteiger partial charge on any atom is 0.332 e. The summed E-state index contributed by atoms with van der Waals surface area (Å²) in [6.07, 6.45) is 1.17. The van der Waals surface area contributed by atoms with Crippen LogP contribution in [-0.4, -0.2) is 41.9 Å². The predicted octanol–water partition coefficient (Wildman–Crippen LogP) is 1.35. The van der Waals surface area contributed by atoms with Gasteiger partial charge in [0.15, 0.2) is 6.10 Å². The fraction of sp³-hybridized carbons (Fsp3) is 0.846. The van der Waals surface area contributed by atoms with Crippen molar-refractivity contribution in [3.05, 3.63) is 0 Å². The average Bonchev–Trinajstić information content (AvgIpc) is 2.73. The third kappa shape index (κ3) is 5.92. The van der Waals surface area contributed by atoms with Gasteiger partial charge in [0, 0.05) is 12.6 Å². The van der Waals surface area contributed by atoms with Gasteiger partial charge in [-0.3, -0.25) is 0 Å². The molecule has 3 unspecified atom stereocenters. The summed E-state index contributed by atoms with van der Waals surface area (Å²) in [7, 11) is 0. The quantitative estimate of drug-likeness (QED) is 0.681. The van der Waals surface area contributed by atoms with E-state index in [1.54, 1.807) is 0 Å². The van der Waals surface area contributed by atoms with Crippen molar-refractivity contribution < 1.29 is 19.4 Å². The van der Waals surface area contributed by atoms with Crippen molar-refractivity contribution in [3.8, 4) is 0 Å². The molecule has 6 nitrogen and oxygen atoms in total. The summed E-state index contributed by atoms with van der Waals surface area (Å²) < 4.78 is 5.30. The van der Waals surface area contributed by atoms with Crippen molar-refractivity contribution in [3.63, 3.8) is 0 Å². The van der Waals surface area contributed by atoms with E-state index in [4.69, 9.17) is 9.84 Å². The number of carbonyl (C=O) groups excluding carboxylic acids is 1. The number of amides is 2. The first-order chi connectivity index (χ1) is 8.88. The maximum atomic E-state index is 11.6. The first kappa shape index (κ1) is 15.8. The van der Waals surface area contributed by atoms with Gasteiger partial charge >= 0.3 is 12.0 Å². The zero-order chi connectivity index (χ0) is 14.4. The molecule has 1 fully saturated rings. The summed E-state index contributed by atoms with van der Waals surface area (Å²) in [4.78, 5) is 22.3. The molecule has 0 saturated carbocycles. The van der Waals surface area contributed by atoms with Gasteiger partial charge in [0.1, 0.15) is 0 Å². The Morgan fingerprint density at radius 1 is 1.32 bits per heavy atom.